The predicted molar refractivity (Wildman–Crippen MR) is 85.7 cm³/mol. The van der Waals surface area contributed by atoms with Gasteiger partial charge in [-0.15, -0.1) is 0 Å². The maximum Gasteiger partial charge on any atom is 0.186 e. The zero-order chi connectivity index (χ0) is 14.7. The van der Waals surface area contributed by atoms with Gasteiger partial charge in [0, 0.05) is 19.1 Å². The summed E-state index contributed by atoms with van der Waals surface area (Å²) in [6.07, 6.45) is 2.31. The molecule has 0 aromatic carbocycles. The number of anilines is 1. The number of aliphatic hydroxyl groups excluding tert-OH is 1. The Morgan fingerprint density at radius 1 is 1.40 bits per heavy atom. The lowest BCUT2D eigenvalue weighted by atomic mass is 10.1. The summed E-state index contributed by atoms with van der Waals surface area (Å²) in [6, 6.07) is 0.528. The summed E-state index contributed by atoms with van der Waals surface area (Å²) in [5, 5.41) is 10.6. The van der Waals surface area contributed by atoms with E-state index < -0.39 is 0 Å². The minimum Gasteiger partial charge on any atom is -0.391 e. The SMILES string of the molecule is CCC1CN(C)CCCN1c1nc(C(C)C)c(CO)s1. The van der Waals surface area contributed by atoms with Gasteiger partial charge in [-0.3, -0.25) is 0 Å². The van der Waals surface area contributed by atoms with Crippen LogP contribution >= 0.6 is 11.3 Å². The standard InChI is InChI=1S/C15H27N3OS/c1-5-12-9-17(4)7-6-8-18(12)15-16-14(11(2)3)13(10-19)20-15/h11-12,19H,5-10H2,1-4H3. The van der Waals surface area contributed by atoms with Crippen molar-refractivity contribution in [2.75, 3.05) is 31.6 Å². The number of rotatable bonds is 4. The number of nitrogens with zero attached hydrogens (tertiary/aromatic N) is 3. The summed E-state index contributed by atoms with van der Waals surface area (Å²) in [6.45, 7) is 9.97. The molecule has 0 amide bonds. The first-order valence-corrected chi connectivity index (χ1v) is 8.44. The van der Waals surface area contributed by atoms with E-state index >= 15 is 0 Å². The Hall–Kier alpha value is -0.650. The van der Waals surface area contributed by atoms with Crippen LogP contribution in [0.15, 0.2) is 0 Å². The third kappa shape index (κ3) is 3.32. The molecule has 1 aliphatic rings. The molecule has 1 atom stereocenters. The van der Waals surface area contributed by atoms with Crippen LogP contribution in [-0.4, -0.2) is 47.7 Å². The van der Waals surface area contributed by atoms with Gasteiger partial charge in [0.1, 0.15) is 0 Å². The van der Waals surface area contributed by atoms with Gasteiger partial charge >= 0.3 is 0 Å². The quantitative estimate of drug-likeness (QED) is 0.927. The Labute approximate surface area is 126 Å². The first-order chi connectivity index (χ1) is 9.56. The molecule has 0 spiro atoms. The largest absolute Gasteiger partial charge is 0.391 e. The van der Waals surface area contributed by atoms with E-state index in [1.54, 1.807) is 11.3 Å². The average Bonchev–Trinajstić information content (AvgIpc) is 2.76. The molecule has 1 unspecified atom stereocenters. The normalized spacial score (nSPS) is 21.5. The second kappa shape index (κ2) is 6.87. The maximum absolute atomic E-state index is 9.54. The molecule has 2 rings (SSSR count). The number of aliphatic hydroxyl groups is 1. The van der Waals surface area contributed by atoms with Gasteiger partial charge in [0.25, 0.3) is 0 Å². The van der Waals surface area contributed by atoms with Gasteiger partial charge in [-0.1, -0.05) is 32.1 Å². The molecule has 20 heavy (non-hydrogen) atoms. The molecule has 114 valence electrons. The molecule has 2 heterocycles. The fraction of sp³-hybridized carbons (Fsp3) is 0.800. The van der Waals surface area contributed by atoms with Gasteiger partial charge in [0.15, 0.2) is 5.13 Å². The van der Waals surface area contributed by atoms with Gasteiger partial charge < -0.3 is 14.9 Å². The molecule has 1 N–H and O–H groups in total. The van der Waals surface area contributed by atoms with E-state index in [1.807, 2.05) is 0 Å². The van der Waals surface area contributed by atoms with Crippen LogP contribution in [0.2, 0.25) is 0 Å². The smallest absolute Gasteiger partial charge is 0.186 e. The lowest BCUT2D eigenvalue weighted by Crippen LogP contribution is -2.39. The van der Waals surface area contributed by atoms with E-state index in [1.165, 1.54) is 6.42 Å². The number of hydrogen-bond donors (Lipinski definition) is 1. The zero-order valence-electron chi connectivity index (χ0n) is 13.1. The first kappa shape index (κ1) is 15.7. The fourth-order valence-corrected chi connectivity index (χ4v) is 4.05. The van der Waals surface area contributed by atoms with Crippen molar-refractivity contribution in [1.82, 2.24) is 9.88 Å². The van der Waals surface area contributed by atoms with Gasteiger partial charge in [0.05, 0.1) is 17.2 Å². The molecule has 1 aromatic heterocycles. The lowest BCUT2D eigenvalue weighted by molar-refractivity contribution is 0.283. The van der Waals surface area contributed by atoms with Crippen molar-refractivity contribution in [3.05, 3.63) is 10.6 Å². The Kier molecular flexibility index (Phi) is 5.41. The van der Waals surface area contributed by atoms with Crippen molar-refractivity contribution >= 4 is 16.5 Å². The van der Waals surface area contributed by atoms with E-state index in [2.05, 4.69) is 37.6 Å². The predicted octanol–water partition coefficient (Wildman–Crippen LogP) is 2.68. The summed E-state index contributed by atoms with van der Waals surface area (Å²) in [5.74, 6) is 0.372. The second-order valence-electron chi connectivity index (χ2n) is 5.99. The summed E-state index contributed by atoms with van der Waals surface area (Å²) in [5.41, 5.74) is 1.07. The van der Waals surface area contributed by atoms with Crippen molar-refractivity contribution in [2.45, 2.75) is 52.2 Å². The topological polar surface area (TPSA) is 39.6 Å². The Balaban J connectivity index is 2.28. The molecular weight excluding hydrogens is 270 g/mol. The molecular formula is C15H27N3OS. The van der Waals surface area contributed by atoms with Crippen LogP contribution in [0.4, 0.5) is 5.13 Å². The molecule has 1 aliphatic heterocycles. The summed E-state index contributed by atoms with van der Waals surface area (Å²) in [7, 11) is 2.20. The van der Waals surface area contributed by atoms with Crippen LogP contribution in [0.3, 0.4) is 0 Å². The lowest BCUT2D eigenvalue weighted by Gasteiger charge is -2.29. The molecule has 5 heteroatoms. The highest BCUT2D eigenvalue weighted by Crippen LogP contribution is 2.33. The third-order valence-corrected chi connectivity index (χ3v) is 5.12. The number of likely N-dealkylation sites (N-methyl/N-ethyl adjacent to an activating group) is 1. The molecule has 0 aliphatic carbocycles. The molecule has 1 fully saturated rings. The van der Waals surface area contributed by atoms with E-state index in [0.29, 0.717) is 12.0 Å². The minimum absolute atomic E-state index is 0.107. The van der Waals surface area contributed by atoms with E-state index in [0.717, 1.165) is 41.8 Å². The van der Waals surface area contributed by atoms with Crippen molar-refractivity contribution in [2.24, 2.45) is 0 Å². The van der Waals surface area contributed by atoms with Crippen molar-refractivity contribution in [3.63, 3.8) is 0 Å². The summed E-state index contributed by atoms with van der Waals surface area (Å²) >= 11 is 1.67. The second-order valence-corrected chi connectivity index (χ2v) is 7.05. The molecule has 0 bridgehead atoms. The molecule has 0 radical (unpaired) electrons. The number of thiazole rings is 1. The Morgan fingerprint density at radius 2 is 2.15 bits per heavy atom. The van der Waals surface area contributed by atoms with Gasteiger partial charge in [-0.2, -0.15) is 0 Å². The number of hydrogen-bond acceptors (Lipinski definition) is 5. The van der Waals surface area contributed by atoms with E-state index in [-0.39, 0.29) is 6.61 Å². The molecule has 1 aromatic rings. The van der Waals surface area contributed by atoms with Gasteiger partial charge in [-0.05, 0) is 32.4 Å². The third-order valence-electron chi connectivity index (χ3n) is 4.03. The maximum atomic E-state index is 9.54. The number of aromatic nitrogens is 1. The van der Waals surface area contributed by atoms with Gasteiger partial charge in [-0.25, -0.2) is 4.98 Å². The van der Waals surface area contributed by atoms with E-state index in [9.17, 15) is 5.11 Å². The highest BCUT2D eigenvalue weighted by atomic mass is 32.1. The molecule has 1 saturated heterocycles. The summed E-state index contributed by atoms with van der Waals surface area (Å²) in [4.78, 5) is 10.7. The van der Waals surface area contributed by atoms with Crippen LogP contribution in [0.25, 0.3) is 0 Å². The molecule has 0 saturated carbocycles. The average molecular weight is 297 g/mol. The summed E-state index contributed by atoms with van der Waals surface area (Å²) < 4.78 is 0. The van der Waals surface area contributed by atoms with Crippen LogP contribution in [-0.2, 0) is 6.61 Å². The zero-order valence-corrected chi connectivity index (χ0v) is 13.9. The fourth-order valence-electron chi connectivity index (χ4n) is 2.88. The highest BCUT2D eigenvalue weighted by Gasteiger charge is 2.26. The van der Waals surface area contributed by atoms with Crippen molar-refractivity contribution < 1.29 is 5.11 Å². The van der Waals surface area contributed by atoms with Crippen molar-refractivity contribution in [1.29, 1.82) is 0 Å². The van der Waals surface area contributed by atoms with Crippen LogP contribution in [0, 0.1) is 0 Å². The minimum atomic E-state index is 0.107. The molecule has 4 nitrogen and oxygen atoms in total. The van der Waals surface area contributed by atoms with Crippen LogP contribution < -0.4 is 4.90 Å². The van der Waals surface area contributed by atoms with Crippen LogP contribution in [0.5, 0.6) is 0 Å². The van der Waals surface area contributed by atoms with Crippen LogP contribution in [0.1, 0.15) is 50.1 Å². The Morgan fingerprint density at radius 3 is 2.70 bits per heavy atom. The monoisotopic (exact) mass is 297 g/mol. The first-order valence-electron chi connectivity index (χ1n) is 7.62. The van der Waals surface area contributed by atoms with Crippen molar-refractivity contribution in [3.8, 4) is 0 Å². The highest BCUT2D eigenvalue weighted by molar-refractivity contribution is 7.15. The van der Waals surface area contributed by atoms with E-state index in [4.69, 9.17) is 4.98 Å². The van der Waals surface area contributed by atoms with Gasteiger partial charge in [0.2, 0.25) is 0 Å². The Bertz CT molecular complexity index is 433.